The third kappa shape index (κ3) is 6.53. The summed E-state index contributed by atoms with van der Waals surface area (Å²) in [5.41, 5.74) is 2.61. The van der Waals surface area contributed by atoms with Crippen LogP contribution in [0.1, 0.15) is 31.4 Å². The van der Waals surface area contributed by atoms with Gasteiger partial charge in [0.2, 0.25) is 0 Å². The second-order valence-corrected chi connectivity index (χ2v) is 7.22. The summed E-state index contributed by atoms with van der Waals surface area (Å²) >= 11 is 0. The van der Waals surface area contributed by atoms with Crippen LogP contribution in [0.2, 0.25) is 0 Å². The highest BCUT2D eigenvalue weighted by Crippen LogP contribution is 2.20. The predicted octanol–water partition coefficient (Wildman–Crippen LogP) is 3.36. The highest BCUT2D eigenvalue weighted by atomic mass is 127. The van der Waals surface area contributed by atoms with E-state index < -0.39 is 0 Å². The average Bonchev–Trinajstić information content (AvgIpc) is 3.19. The van der Waals surface area contributed by atoms with Gasteiger partial charge < -0.3 is 15.2 Å². The van der Waals surface area contributed by atoms with E-state index in [9.17, 15) is 0 Å². The van der Waals surface area contributed by atoms with Gasteiger partial charge in [0, 0.05) is 51.2 Å². The summed E-state index contributed by atoms with van der Waals surface area (Å²) in [7, 11) is 2.04. The molecule has 3 rings (SSSR count). The minimum absolute atomic E-state index is 0. The maximum atomic E-state index is 4.76. The molecule has 6 heteroatoms. The van der Waals surface area contributed by atoms with E-state index in [1.165, 1.54) is 11.1 Å². The molecular formula is C21H32IN5. The number of nitrogens with one attached hydrogen (secondary N) is 2. The van der Waals surface area contributed by atoms with Gasteiger partial charge in [0.05, 0.1) is 6.54 Å². The van der Waals surface area contributed by atoms with Crippen LogP contribution >= 0.6 is 24.0 Å². The molecule has 27 heavy (non-hydrogen) atoms. The largest absolute Gasteiger partial charge is 0.357 e. The monoisotopic (exact) mass is 481 g/mol. The van der Waals surface area contributed by atoms with Crippen molar-refractivity contribution in [1.29, 1.82) is 0 Å². The summed E-state index contributed by atoms with van der Waals surface area (Å²) in [5, 5.41) is 7.01. The van der Waals surface area contributed by atoms with E-state index in [1.54, 1.807) is 0 Å². The SMILES string of the molecule is CCNC(=NCc1ccn(C)c1)NC1CC(C)N(Cc2ccccc2)C1.I. The van der Waals surface area contributed by atoms with Gasteiger partial charge in [-0.3, -0.25) is 4.90 Å². The van der Waals surface area contributed by atoms with E-state index in [0.29, 0.717) is 18.6 Å². The van der Waals surface area contributed by atoms with Gasteiger partial charge in [-0.1, -0.05) is 30.3 Å². The molecule has 0 amide bonds. The van der Waals surface area contributed by atoms with Crippen molar-refractivity contribution in [3.63, 3.8) is 0 Å². The lowest BCUT2D eigenvalue weighted by Gasteiger charge is -2.21. The Labute approximate surface area is 180 Å². The Morgan fingerprint density at radius 3 is 2.63 bits per heavy atom. The second-order valence-electron chi connectivity index (χ2n) is 7.22. The highest BCUT2D eigenvalue weighted by molar-refractivity contribution is 14.0. The van der Waals surface area contributed by atoms with Gasteiger partial charge in [-0.2, -0.15) is 0 Å². The number of guanidine groups is 1. The third-order valence-electron chi connectivity index (χ3n) is 4.93. The summed E-state index contributed by atoms with van der Waals surface area (Å²) in [6.45, 7) is 8.06. The Morgan fingerprint density at radius 1 is 1.19 bits per heavy atom. The predicted molar refractivity (Wildman–Crippen MR) is 123 cm³/mol. The molecular weight excluding hydrogens is 449 g/mol. The van der Waals surface area contributed by atoms with Crippen molar-refractivity contribution in [3.8, 4) is 0 Å². The van der Waals surface area contributed by atoms with Gasteiger partial charge in [0.1, 0.15) is 0 Å². The van der Waals surface area contributed by atoms with Gasteiger partial charge >= 0.3 is 0 Å². The maximum absolute atomic E-state index is 4.76. The van der Waals surface area contributed by atoms with E-state index in [2.05, 4.69) is 82.7 Å². The molecule has 1 saturated heterocycles. The van der Waals surface area contributed by atoms with E-state index >= 15 is 0 Å². The first-order valence-electron chi connectivity index (χ1n) is 9.57. The van der Waals surface area contributed by atoms with Crippen LogP contribution in [0, 0.1) is 0 Å². The molecule has 0 spiro atoms. The molecule has 1 fully saturated rings. The minimum Gasteiger partial charge on any atom is -0.357 e. The topological polar surface area (TPSA) is 44.6 Å². The van der Waals surface area contributed by atoms with E-state index in [1.807, 2.05) is 7.05 Å². The Bertz CT molecular complexity index is 712. The number of hydrogen-bond acceptors (Lipinski definition) is 2. The zero-order valence-electron chi connectivity index (χ0n) is 16.6. The fourth-order valence-corrected chi connectivity index (χ4v) is 3.58. The Kier molecular flexibility index (Phi) is 8.63. The number of nitrogens with zero attached hydrogens (tertiary/aromatic N) is 3. The normalized spacial score (nSPS) is 20.3. The zero-order valence-corrected chi connectivity index (χ0v) is 18.9. The quantitative estimate of drug-likeness (QED) is 0.378. The van der Waals surface area contributed by atoms with Crippen molar-refractivity contribution in [1.82, 2.24) is 20.1 Å². The fraction of sp³-hybridized carbons (Fsp3) is 0.476. The lowest BCUT2D eigenvalue weighted by Crippen LogP contribution is -2.44. The van der Waals surface area contributed by atoms with Crippen molar-refractivity contribution in [2.45, 2.75) is 45.4 Å². The first-order valence-corrected chi connectivity index (χ1v) is 9.57. The lowest BCUT2D eigenvalue weighted by atomic mass is 10.2. The van der Waals surface area contributed by atoms with Crippen molar-refractivity contribution in [2.75, 3.05) is 13.1 Å². The summed E-state index contributed by atoms with van der Waals surface area (Å²) in [6, 6.07) is 13.8. The number of aromatic nitrogens is 1. The molecule has 1 aromatic heterocycles. The van der Waals surface area contributed by atoms with Gasteiger partial charge in [0.25, 0.3) is 0 Å². The number of likely N-dealkylation sites (tertiary alicyclic amines) is 1. The molecule has 2 heterocycles. The van der Waals surface area contributed by atoms with Crippen LogP contribution in [0.4, 0.5) is 0 Å². The van der Waals surface area contributed by atoms with Gasteiger partial charge in [0.15, 0.2) is 5.96 Å². The zero-order chi connectivity index (χ0) is 18.4. The number of aryl methyl sites for hydroxylation is 1. The molecule has 0 aliphatic carbocycles. The van der Waals surface area contributed by atoms with Crippen LogP contribution in [0.3, 0.4) is 0 Å². The molecule has 2 atom stereocenters. The molecule has 2 unspecified atom stereocenters. The number of halogens is 1. The van der Waals surface area contributed by atoms with Crippen molar-refractivity contribution in [3.05, 3.63) is 59.9 Å². The Morgan fingerprint density at radius 2 is 1.96 bits per heavy atom. The minimum atomic E-state index is 0. The number of rotatable bonds is 6. The molecule has 1 aliphatic rings. The fourth-order valence-electron chi connectivity index (χ4n) is 3.58. The van der Waals surface area contributed by atoms with Gasteiger partial charge in [-0.05, 0) is 37.5 Å². The van der Waals surface area contributed by atoms with Crippen LogP contribution in [0.5, 0.6) is 0 Å². The Balaban J connectivity index is 0.00000261. The van der Waals surface area contributed by atoms with Crippen LogP contribution in [-0.2, 0) is 20.1 Å². The molecule has 0 radical (unpaired) electrons. The van der Waals surface area contributed by atoms with Crippen molar-refractivity contribution >= 4 is 29.9 Å². The summed E-state index contributed by atoms with van der Waals surface area (Å²) < 4.78 is 2.06. The van der Waals surface area contributed by atoms with E-state index in [0.717, 1.165) is 32.0 Å². The molecule has 5 nitrogen and oxygen atoms in total. The summed E-state index contributed by atoms with van der Waals surface area (Å²) in [4.78, 5) is 7.31. The van der Waals surface area contributed by atoms with Crippen LogP contribution < -0.4 is 10.6 Å². The summed E-state index contributed by atoms with van der Waals surface area (Å²) in [6.07, 6.45) is 5.32. The molecule has 2 N–H and O–H groups in total. The van der Waals surface area contributed by atoms with Gasteiger partial charge in [-0.15, -0.1) is 24.0 Å². The first kappa shape index (κ1) is 21.8. The van der Waals surface area contributed by atoms with Crippen LogP contribution in [0.15, 0.2) is 53.8 Å². The van der Waals surface area contributed by atoms with Crippen molar-refractivity contribution < 1.29 is 0 Å². The lowest BCUT2D eigenvalue weighted by molar-refractivity contribution is 0.258. The summed E-state index contributed by atoms with van der Waals surface area (Å²) in [5.74, 6) is 0.912. The second kappa shape index (κ2) is 10.7. The molecule has 148 valence electrons. The van der Waals surface area contributed by atoms with Crippen LogP contribution in [-0.4, -0.2) is 40.6 Å². The smallest absolute Gasteiger partial charge is 0.191 e. The molecule has 0 saturated carbocycles. The van der Waals surface area contributed by atoms with E-state index in [4.69, 9.17) is 4.99 Å². The van der Waals surface area contributed by atoms with Crippen molar-refractivity contribution in [2.24, 2.45) is 12.0 Å². The number of aliphatic imine (C=N–C) groups is 1. The molecule has 0 bridgehead atoms. The number of benzene rings is 1. The Hall–Kier alpha value is -1.54. The molecule has 1 aliphatic heterocycles. The first-order chi connectivity index (χ1) is 12.6. The third-order valence-corrected chi connectivity index (χ3v) is 4.93. The highest BCUT2D eigenvalue weighted by Gasteiger charge is 2.29. The molecule has 2 aromatic rings. The van der Waals surface area contributed by atoms with Crippen LogP contribution in [0.25, 0.3) is 0 Å². The maximum Gasteiger partial charge on any atom is 0.191 e. The average molecular weight is 481 g/mol. The standard InChI is InChI=1S/C21H31N5.HI/c1-4-22-21(23-13-19-10-11-25(3)14-19)24-20-12-17(2)26(16-20)15-18-8-6-5-7-9-18;/h5-11,14,17,20H,4,12-13,15-16H2,1-3H3,(H2,22,23,24);1H. The van der Waals surface area contributed by atoms with E-state index in [-0.39, 0.29) is 24.0 Å². The van der Waals surface area contributed by atoms with Gasteiger partial charge in [-0.25, -0.2) is 4.99 Å². The number of hydrogen-bond donors (Lipinski definition) is 2. The molecule has 1 aromatic carbocycles.